The molecule has 25 heavy (non-hydrogen) atoms. The van der Waals surface area contributed by atoms with Crippen LogP contribution in [0.4, 0.5) is 5.69 Å². The Morgan fingerprint density at radius 1 is 1.08 bits per heavy atom. The maximum atomic E-state index is 13.0. The molecule has 0 saturated carbocycles. The summed E-state index contributed by atoms with van der Waals surface area (Å²) in [6.45, 7) is 2.46. The normalized spacial score (nSPS) is 24.9. The van der Waals surface area contributed by atoms with Crippen molar-refractivity contribution in [2.75, 3.05) is 38.0 Å². The van der Waals surface area contributed by atoms with Gasteiger partial charge in [0.15, 0.2) is 0 Å². The molecule has 1 unspecified atom stereocenters. The van der Waals surface area contributed by atoms with Crippen molar-refractivity contribution >= 4 is 27.5 Å². The molecule has 2 fully saturated rings. The number of amides is 2. The zero-order valence-corrected chi connectivity index (χ0v) is 14.5. The fourth-order valence-corrected chi connectivity index (χ4v) is 5.13. The van der Waals surface area contributed by atoms with E-state index in [1.54, 1.807) is 12.1 Å². The van der Waals surface area contributed by atoms with Gasteiger partial charge in [-0.25, -0.2) is 8.42 Å². The highest BCUT2D eigenvalue weighted by atomic mass is 32.2. The van der Waals surface area contributed by atoms with E-state index in [0.29, 0.717) is 38.2 Å². The fourth-order valence-electron chi connectivity index (χ4n) is 3.64. The van der Waals surface area contributed by atoms with Gasteiger partial charge in [-0.3, -0.25) is 14.5 Å². The first-order valence-electron chi connectivity index (χ1n) is 8.40. The number of benzene rings is 1. The highest BCUT2D eigenvalue weighted by Gasteiger charge is 2.39. The molecule has 2 amide bonds. The van der Waals surface area contributed by atoms with E-state index in [-0.39, 0.29) is 23.3 Å². The van der Waals surface area contributed by atoms with Crippen LogP contribution in [0.2, 0.25) is 0 Å². The fraction of sp³-hybridized carbons (Fsp3) is 0.500. The van der Waals surface area contributed by atoms with Crippen molar-refractivity contribution in [3.8, 4) is 0 Å². The van der Waals surface area contributed by atoms with E-state index in [1.807, 2.05) is 4.90 Å². The molecule has 3 aliphatic heterocycles. The molecular weight excluding hydrogens is 344 g/mol. The summed E-state index contributed by atoms with van der Waals surface area (Å²) in [7, 11) is -3.67. The lowest BCUT2D eigenvalue weighted by Gasteiger charge is -2.42. The Morgan fingerprint density at radius 2 is 1.92 bits per heavy atom. The Bertz CT molecular complexity index is 839. The number of nitrogens with one attached hydrogen (secondary N) is 2. The number of sulfonamides is 1. The Balaban J connectivity index is 1.59. The molecule has 3 heterocycles. The number of hydrogen-bond acceptors (Lipinski definition) is 5. The van der Waals surface area contributed by atoms with Gasteiger partial charge >= 0.3 is 0 Å². The molecule has 1 atom stereocenters. The van der Waals surface area contributed by atoms with Crippen LogP contribution in [0.1, 0.15) is 12.0 Å². The molecule has 0 spiro atoms. The van der Waals surface area contributed by atoms with Crippen LogP contribution in [0.15, 0.2) is 23.1 Å². The molecule has 2 saturated heterocycles. The summed E-state index contributed by atoms with van der Waals surface area (Å²) in [4.78, 5) is 25.7. The molecule has 0 bridgehead atoms. The summed E-state index contributed by atoms with van der Waals surface area (Å²) < 4.78 is 27.4. The highest BCUT2D eigenvalue weighted by Crippen LogP contribution is 2.28. The first-order valence-corrected chi connectivity index (χ1v) is 9.84. The van der Waals surface area contributed by atoms with Crippen LogP contribution in [0.5, 0.6) is 0 Å². The third kappa shape index (κ3) is 2.92. The molecule has 0 aromatic heterocycles. The minimum absolute atomic E-state index is 0.0532. The molecule has 8 nitrogen and oxygen atoms in total. The van der Waals surface area contributed by atoms with Crippen molar-refractivity contribution in [1.82, 2.24) is 14.5 Å². The maximum absolute atomic E-state index is 13.0. The average Bonchev–Trinajstić information content (AvgIpc) is 2.61. The highest BCUT2D eigenvalue weighted by molar-refractivity contribution is 7.89. The van der Waals surface area contributed by atoms with Crippen LogP contribution < -0.4 is 10.6 Å². The number of anilines is 1. The van der Waals surface area contributed by atoms with Gasteiger partial charge in [-0.2, -0.15) is 4.31 Å². The summed E-state index contributed by atoms with van der Waals surface area (Å²) in [6.07, 6.45) is 0.890. The number of carbonyl (C=O) groups is 2. The monoisotopic (exact) mass is 364 g/mol. The summed E-state index contributed by atoms with van der Waals surface area (Å²) in [5, 5.41) is 5.55. The second-order valence-corrected chi connectivity index (χ2v) is 8.51. The summed E-state index contributed by atoms with van der Waals surface area (Å²) in [5.74, 6) is -0.165. The summed E-state index contributed by atoms with van der Waals surface area (Å²) in [6, 6.07) is 4.38. The van der Waals surface area contributed by atoms with Crippen LogP contribution in [-0.4, -0.2) is 68.2 Å². The molecule has 134 valence electrons. The Labute approximate surface area is 146 Å². The largest absolute Gasteiger partial charge is 0.353 e. The lowest BCUT2D eigenvalue weighted by Crippen LogP contribution is -2.64. The minimum atomic E-state index is -3.67. The lowest BCUT2D eigenvalue weighted by atomic mass is 10.0. The first-order chi connectivity index (χ1) is 11.9. The van der Waals surface area contributed by atoms with Gasteiger partial charge in [0.2, 0.25) is 21.8 Å². The zero-order chi connectivity index (χ0) is 17.6. The molecular formula is C16H20N4O4S. The van der Waals surface area contributed by atoms with Crippen LogP contribution in [0, 0.1) is 0 Å². The number of carbonyl (C=O) groups excluding carboxylic acids is 2. The predicted molar refractivity (Wildman–Crippen MR) is 90.5 cm³/mol. The average molecular weight is 364 g/mol. The molecule has 1 aromatic carbocycles. The predicted octanol–water partition coefficient (Wildman–Crippen LogP) is -0.624. The van der Waals surface area contributed by atoms with E-state index in [4.69, 9.17) is 0 Å². The zero-order valence-electron chi connectivity index (χ0n) is 13.7. The SMILES string of the molecule is O=C1CCc2cc(S(=O)(=O)N3CCN4CCNC(=O)C4C3)ccc2N1. The quantitative estimate of drug-likeness (QED) is 0.729. The van der Waals surface area contributed by atoms with E-state index in [1.165, 1.54) is 10.4 Å². The van der Waals surface area contributed by atoms with Gasteiger partial charge in [0.1, 0.15) is 6.04 Å². The number of nitrogens with zero attached hydrogens (tertiary/aromatic N) is 2. The topological polar surface area (TPSA) is 98.8 Å². The van der Waals surface area contributed by atoms with Gasteiger partial charge in [-0.1, -0.05) is 0 Å². The van der Waals surface area contributed by atoms with E-state index in [0.717, 1.165) is 12.1 Å². The van der Waals surface area contributed by atoms with Gasteiger partial charge in [-0.05, 0) is 30.2 Å². The van der Waals surface area contributed by atoms with Crippen molar-refractivity contribution in [2.45, 2.75) is 23.8 Å². The van der Waals surface area contributed by atoms with Crippen molar-refractivity contribution < 1.29 is 18.0 Å². The van der Waals surface area contributed by atoms with E-state index >= 15 is 0 Å². The summed E-state index contributed by atoms with van der Waals surface area (Å²) in [5.41, 5.74) is 1.50. The van der Waals surface area contributed by atoms with Crippen molar-refractivity contribution in [3.05, 3.63) is 23.8 Å². The minimum Gasteiger partial charge on any atom is -0.353 e. The van der Waals surface area contributed by atoms with Crippen LogP contribution in [0.25, 0.3) is 0 Å². The second kappa shape index (κ2) is 6.08. The number of rotatable bonds is 2. The molecule has 9 heteroatoms. The molecule has 4 rings (SSSR count). The number of piperazine rings is 2. The van der Waals surface area contributed by atoms with Crippen LogP contribution in [0.3, 0.4) is 0 Å². The van der Waals surface area contributed by atoms with E-state index in [9.17, 15) is 18.0 Å². The van der Waals surface area contributed by atoms with Crippen LogP contribution in [-0.2, 0) is 26.0 Å². The van der Waals surface area contributed by atoms with Crippen molar-refractivity contribution in [1.29, 1.82) is 0 Å². The standard InChI is InChI=1S/C16H20N4O4S/c21-15-4-1-11-9-12(2-3-13(11)18-15)25(23,24)20-8-7-19-6-5-17-16(22)14(19)10-20/h2-3,9,14H,1,4-8,10H2,(H,17,22)(H,18,21). The molecule has 1 aromatic rings. The Kier molecular flexibility index (Phi) is 4.01. The van der Waals surface area contributed by atoms with Gasteiger partial charge < -0.3 is 10.6 Å². The summed E-state index contributed by atoms with van der Waals surface area (Å²) >= 11 is 0. The third-order valence-electron chi connectivity index (χ3n) is 5.06. The van der Waals surface area contributed by atoms with Gasteiger partial charge in [0, 0.05) is 44.8 Å². The Hall–Kier alpha value is -1.97. The number of hydrogen-bond donors (Lipinski definition) is 2. The number of fused-ring (bicyclic) bond motifs is 2. The molecule has 0 radical (unpaired) electrons. The van der Waals surface area contributed by atoms with Crippen molar-refractivity contribution in [3.63, 3.8) is 0 Å². The van der Waals surface area contributed by atoms with Gasteiger partial charge in [0.25, 0.3) is 0 Å². The van der Waals surface area contributed by atoms with E-state index in [2.05, 4.69) is 10.6 Å². The smallest absolute Gasteiger partial charge is 0.243 e. The first kappa shape index (κ1) is 16.5. The van der Waals surface area contributed by atoms with Gasteiger partial charge in [0.05, 0.1) is 4.90 Å². The molecule has 0 aliphatic carbocycles. The number of aryl methyl sites for hydroxylation is 1. The Morgan fingerprint density at radius 3 is 2.76 bits per heavy atom. The van der Waals surface area contributed by atoms with Crippen LogP contribution >= 0.6 is 0 Å². The lowest BCUT2D eigenvalue weighted by molar-refractivity contribution is -0.130. The molecule has 2 N–H and O–H groups in total. The maximum Gasteiger partial charge on any atom is 0.243 e. The van der Waals surface area contributed by atoms with Gasteiger partial charge in [-0.15, -0.1) is 0 Å². The second-order valence-electron chi connectivity index (χ2n) is 6.57. The third-order valence-corrected chi connectivity index (χ3v) is 6.93. The molecule has 3 aliphatic rings. The van der Waals surface area contributed by atoms with E-state index < -0.39 is 16.1 Å². The van der Waals surface area contributed by atoms with Crippen molar-refractivity contribution in [2.24, 2.45) is 0 Å².